The number of hydrogen-bond donors (Lipinski definition) is 1. The minimum absolute atomic E-state index is 0.115. The summed E-state index contributed by atoms with van der Waals surface area (Å²) < 4.78 is 28.5. The van der Waals surface area contributed by atoms with Crippen LogP contribution >= 0.6 is 12.2 Å². The number of nitrogens with one attached hydrogen (secondary N) is 1. The highest BCUT2D eigenvalue weighted by Crippen LogP contribution is 2.18. The summed E-state index contributed by atoms with van der Waals surface area (Å²) in [4.78, 5) is 1.92. The van der Waals surface area contributed by atoms with Gasteiger partial charge in [0, 0.05) is 19.3 Å². The number of aryl methyl sites for hydroxylation is 1. The Labute approximate surface area is 139 Å². The van der Waals surface area contributed by atoms with Crippen LogP contribution in [0.3, 0.4) is 0 Å². The molecule has 0 aliphatic carbocycles. The molecule has 0 aliphatic heterocycles. The van der Waals surface area contributed by atoms with E-state index in [0.29, 0.717) is 17.3 Å². The maximum atomic E-state index is 12.1. The van der Waals surface area contributed by atoms with Crippen molar-refractivity contribution < 1.29 is 13.5 Å². The van der Waals surface area contributed by atoms with E-state index in [1.54, 1.807) is 12.1 Å². The smallest absolute Gasteiger partial charge is 0.387 e. The maximum Gasteiger partial charge on any atom is 0.387 e. The lowest BCUT2D eigenvalue weighted by Gasteiger charge is -2.22. The highest BCUT2D eigenvalue weighted by molar-refractivity contribution is 7.80. The summed E-state index contributed by atoms with van der Waals surface area (Å²) in [7, 11) is 1.90. The van der Waals surface area contributed by atoms with Crippen molar-refractivity contribution in [1.29, 1.82) is 0 Å². The van der Waals surface area contributed by atoms with Gasteiger partial charge in [-0.2, -0.15) is 8.78 Å². The Morgan fingerprint density at radius 1 is 1.17 bits per heavy atom. The van der Waals surface area contributed by atoms with Gasteiger partial charge in [0.05, 0.1) is 0 Å². The molecule has 0 radical (unpaired) electrons. The first-order valence-electron chi connectivity index (χ1n) is 7.07. The Morgan fingerprint density at radius 3 is 2.43 bits per heavy atom. The quantitative estimate of drug-likeness (QED) is 0.817. The van der Waals surface area contributed by atoms with Gasteiger partial charge in [0.2, 0.25) is 0 Å². The molecule has 3 nitrogen and oxygen atoms in total. The second-order valence-electron chi connectivity index (χ2n) is 5.12. The van der Waals surface area contributed by atoms with Crippen molar-refractivity contribution in [1.82, 2.24) is 4.90 Å². The number of hydrogen-bond acceptors (Lipinski definition) is 2. The molecule has 0 unspecified atom stereocenters. The van der Waals surface area contributed by atoms with Crippen LogP contribution in [-0.4, -0.2) is 23.7 Å². The Hall–Kier alpha value is -2.21. The number of rotatable bonds is 5. The molecule has 1 N–H and O–H groups in total. The van der Waals surface area contributed by atoms with Crippen LogP contribution in [0.25, 0.3) is 0 Å². The fraction of sp³-hybridized carbons (Fsp3) is 0.235. The predicted molar refractivity (Wildman–Crippen MR) is 91.9 cm³/mol. The van der Waals surface area contributed by atoms with Gasteiger partial charge in [0.15, 0.2) is 5.11 Å². The fourth-order valence-electron chi connectivity index (χ4n) is 2.05. The number of alkyl halides is 2. The molecule has 0 saturated carbocycles. The average molecular weight is 336 g/mol. The van der Waals surface area contributed by atoms with Crippen LogP contribution in [0.4, 0.5) is 14.5 Å². The molecule has 0 bridgehead atoms. The van der Waals surface area contributed by atoms with Crippen molar-refractivity contribution in [3.05, 3.63) is 59.7 Å². The van der Waals surface area contributed by atoms with Crippen LogP contribution in [0.2, 0.25) is 0 Å². The number of ether oxygens (including phenoxy) is 1. The topological polar surface area (TPSA) is 24.5 Å². The molecule has 0 spiro atoms. The number of anilines is 1. The second-order valence-corrected chi connectivity index (χ2v) is 5.50. The zero-order valence-electron chi connectivity index (χ0n) is 12.9. The van der Waals surface area contributed by atoms with Crippen LogP contribution in [0, 0.1) is 6.92 Å². The lowest BCUT2D eigenvalue weighted by atomic mass is 10.1. The summed E-state index contributed by atoms with van der Waals surface area (Å²) in [6, 6.07) is 14.3. The number of nitrogens with zero attached hydrogens (tertiary/aromatic N) is 1. The molecule has 0 heterocycles. The van der Waals surface area contributed by atoms with Crippen molar-refractivity contribution in [2.24, 2.45) is 0 Å². The molecule has 0 atom stereocenters. The van der Waals surface area contributed by atoms with Gasteiger partial charge in [-0.15, -0.1) is 0 Å². The Morgan fingerprint density at radius 2 is 1.83 bits per heavy atom. The summed E-state index contributed by atoms with van der Waals surface area (Å²) in [6.07, 6.45) is 0. The van der Waals surface area contributed by atoms with Gasteiger partial charge in [0.1, 0.15) is 5.75 Å². The molecule has 122 valence electrons. The minimum atomic E-state index is -2.82. The molecular formula is C17H18F2N2OS. The maximum absolute atomic E-state index is 12.1. The van der Waals surface area contributed by atoms with Crippen LogP contribution in [0.15, 0.2) is 48.5 Å². The monoisotopic (exact) mass is 336 g/mol. The van der Waals surface area contributed by atoms with E-state index in [1.165, 1.54) is 23.3 Å². The Kier molecular flexibility index (Phi) is 5.87. The number of halogens is 2. The van der Waals surface area contributed by atoms with E-state index >= 15 is 0 Å². The molecule has 23 heavy (non-hydrogen) atoms. The van der Waals surface area contributed by atoms with Crippen molar-refractivity contribution >= 4 is 23.0 Å². The first kappa shape index (κ1) is 17.1. The molecule has 0 amide bonds. The van der Waals surface area contributed by atoms with Crippen molar-refractivity contribution in [2.45, 2.75) is 20.1 Å². The van der Waals surface area contributed by atoms with Crippen molar-refractivity contribution in [3.8, 4) is 5.75 Å². The van der Waals surface area contributed by atoms with Gasteiger partial charge in [-0.1, -0.05) is 24.3 Å². The van der Waals surface area contributed by atoms with Gasteiger partial charge in [-0.05, 0) is 54.5 Å². The average Bonchev–Trinajstić information content (AvgIpc) is 2.51. The Bertz CT molecular complexity index is 662. The predicted octanol–water partition coefficient (Wildman–Crippen LogP) is 4.43. The van der Waals surface area contributed by atoms with Crippen LogP contribution in [-0.2, 0) is 6.54 Å². The SMILES string of the molecule is Cc1ccccc1CN(C)C(=S)Nc1ccc(OC(F)F)cc1. The van der Waals surface area contributed by atoms with Crippen LogP contribution in [0.1, 0.15) is 11.1 Å². The van der Waals surface area contributed by atoms with Gasteiger partial charge in [-0.3, -0.25) is 0 Å². The summed E-state index contributed by atoms with van der Waals surface area (Å²) in [5.74, 6) is 0.115. The molecule has 0 aromatic heterocycles. The highest BCUT2D eigenvalue weighted by Gasteiger charge is 2.08. The van der Waals surface area contributed by atoms with Gasteiger partial charge >= 0.3 is 6.61 Å². The summed E-state index contributed by atoms with van der Waals surface area (Å²) in [5.41, 5.74) is 3.11. The molecular weight excluding hydrogens is 318 g/mol. The lowest BCUT2D eigenvalue weighted by molar-refractivity contribution is -0.0498. The van der Waals surface area contributed by atoms with E-state index in [-0.39, 0.29) is 5.75 Å². The van der Waals surface area contributed by atoms with E-state index in [4.69, 9.17) is 12.2 Å². The second kappa shape index (κ2) is 7.87. The third-order valence-corrected chi connectivity index (χ3v) is 3.76. The minimum Gasteiger partial charge on any atom is -0.435 e. The van der Waals surface area contributed by atoms with E-state index in [2.05, 4.69) is 29.1 Å². The summed E-state index contributed by atoms with van der Waals surface area (Å²) in [5, 5.41) is 3.63. The largest absolute Gasteiger partial charge is 0.435 e. The zero-order valence-corrected chi connectivity index (χ0v) is 13.7. The summed E-state index contributed by atoms with van der Waals surface area (Å²) in [6.45, 7) is -0.0814. The van der Waals surface area contributed by atoms with E-state index < -0.39 is 6.61 Å². The standard InChI is InChI=1S/C17H18F2N2OS/c1-12-5-3-4-6-13(12)11-21(2)17(23)20-14-7-9-15(10-8-14)22-16(18)19/h3-10,16H,11H2,1-2H3,(H,20,23). The first-order chi connectivity index (χ1) is 11.0. The third kappa shape index (κ3) is 5.17. The van der Waals surface area contributed by atoms with Crippen molar-refractivity contribution in [2.75, 3.05) is 12.4 Å². The fourth-order valence-corrected chi connectivity index (χ4v) is 2.24. The molecule has 2 aromatic carbocycles. The van der Waals surface area contributed by atoms with Crippen LogP contribution < -0.4 is 10.1 Å². The van der Waals surface area contributed by atoms with E-state index in [0.717, 1.165) is 0 Å². The molecule has 6 heteroatoms. The van der Waals surface area contributed by atoms with E-state index in [1.807, 2.05) is 24.1 Å². The van der Waals surface area contributed by atoms with Gasteiger partial charge in [0.25, 0.3) is 0 Å². The molecule has 0 saturated heterocycles. The molecule has 0 fully saturated rings. The van der Waals surface area contributed by atoms with E-state index in [9.17, 15) is 8.78 Å². The molecule has 2 aromatic rings. The normalized spacial score (nSPS) is 10.5. The third-order valence-electron chi connectivity index (χ3n) is 3.35. The highest BCUT2D eigenvalue weighted by atomic mass is 32.1. The lowest BCUT2D eigenvalue weighted by Crippen LogP contribution is -2.30. The summed E-state index contributed by atoms with van der Waals surface area (Å²) >= 11 is 5.37. The van der Waals surface area contributed by atoms with Crippen molar-refractivity contribution in [3.63, 3.8) is 0 Å². The van der Waals surface area contributed by atoms with Crippen LogP contribution in [0.5, 0.6) is 5.75 Å². The van der Waals surface area contributed by atoms with Gasteiger partial charge in [-0.25, -0.2) is 0 Å². The number of benzene rings is 2. The Balaban J connectivity index is 1.94. The van der Waals surface area contributed by atoms with Gasteiger partial charge < -0.3 is 15.0 Å². The zero-order chi connectivity index (χ0) is 16.8. The number of thiocarbonyl (C=S) groups is 1. The first-order valence-corrected chi connectivity index (χ1v) is 7.48. The molecule has 2 rings (SSSR count). The molecule has 0 aliphatic rings.